The summed E-state index contributed by atoms with van der Waals surface area (Å²) in [6, 6.07) is 0. The third-order valence-electron chi connectivity index (χ3n) is 3.54. The Hall–Kier alpha value is -0.850. The summed E-state index contributed by atoms with van der Waals surface area (Å²) >= 11 is 4.72. The van der Waals surface area contributed by atoms with Gasteiger partial charge in [-0.25, -0.2) is 0 Å². The van der Waals surface area contributed by atoms with Gasteiger partial charge >= 0.3 is 6.18 Å². The fourth-order valence-electron chi connectivity index (χ4n) is 2.59. The van der Waals surface area contributed by atoms with E-state index in [0.29, 0.717) is 19.4 Å². The molecule has 110 valence electrons. The monoisotopic (exact) mass is 296 g/mol. The molecular weight excluding hydrogens is 277 g/mol. The van der Waals surface area contributed by atoms with Crippen LogP contribution in [0.3, 0.4) is 0 Å². The average Bonchev–Trinajstić information content (AvgIpc) is 2.34. The van der Waals surface area contributed by atoms with E-state index in [1.165, 1.54) is 4.90 Å². The van der Waals surface area contributed by atoms with Crippen LogP contribution in [0.25, 0.3) is 0 Å². The Morgan fingerprint density at radius 2 is 1.95 bits per heavy atom. The maximum absolute atomic E-state index is 13.0. The van der Waals surface area contributed by atoms with E-state index >= 15 is 0 Å². The molecule has 0 aromatic rings. The average molecular weight is 296 g/mol. The highest BCUT2D eigenvalue weighted by Crippen LogP contribution is 2.42. The molecule has 0 saturated heterocycles. The minimum atomic E-state index is -4.32. The lowest BCUT2D eigenvalue weighted by molar-refractivity contribution is -0.200. The van der Waals surface area contributed by atoms with Crippen LogP contribution in [0.5, 0.6) is 0 Å². The molecule has 0 aromatic heterocycles. The van der Waals surface area contributed by atoms with Crippen LogP contribution in [0.1, 0.15) is 32.6 Å². The molecule has 0 aliphatic heterocycles. The van der Waals surface area contributed by atoms with Crippen LogP contribution in [-0.2, 0) is 4.79 Å². The molecule has 19 heavy (non-hydrogen) atoms. The molecule has 0 heterocycles. The van der Waals surface area contributed by atoms with Crippen LogP contribution in [0.2, 0.25) is 0 Å². The number of nitrogens with two attached hydrogens (primary N) is 1. The van der Waals surface area contributed by atoms with Gasteiger partial charge in [0.05, 0.1) is 17.5 Å². The second kappa shape index (κ2) is 6.54. The van der Waals surface area contributed by atoms with Crippen molar-refractivity contribution in [3.8, 4) is 0 Å². The number of alkyl halides is 3. The van der Waals surface area contributed by atoms with Crippen LogP contribution >= 0.6 is 12.2 Å². The van der Waals surface area contributed by atoms with E-state index in [2.05, 4.69) is 0 Å². The largest absolute Gasteiger partial charge is 0.392 e. The first-order valence-electron chi connectivity index (χ1n) is 6.41. The summed E-state index contributed by atoms with van der Waals surface area (Å²) in [4.78, 5) is 13.7. The van der Waals surface area contributed by atoms with E-state index in [0.717, 1.165) is 0 Å². The van der Waals surface area contributed by atoms with Crippen LogP contribution in [0.4, 0.5) is 13.2 Å². The number of thiocarbonyl (C=S) groups is 1. The molecule has 1 saturated carbocycles. The highest BCUT2D eigenvalue weighted by molar-refractivity contribution is 7.80. The minimum absolute atomic E-state index is 0.0323. The van der Waals surface area contributed by atoms with Crippen LogP contribution in [-0.4, -0.2) is 35.1 Å². The standard InChI is InChI=1S/C12H19F3N2OS/c1-2-17(7-10(16)19)11(18)8-5-3-4-6-9(8)12(13,14)15/h8-9H,2-7H2,1H3,(H2,16,19). The zero-order chi connectivity index (χ0) is 14.6. The number of carbonyl (C=O) groups excluding carboxylic acids is 1. The van der Waals surface area contributed by atoms with Gasteiger partial charge in [-0.1, -0.05) is 25.1 Å². The van der Waals surface area contributed by atoms with Gasteiger partial charge in [0.2, 0.25) is 5.91 Å². The van der Waals surface area contributed by atoms with Crippen molar-refractivity contribution in [3.63, 3.8) is 0 Å². The van der Waals surface area contributed by atoms with Crippen molar-refractivity contribution in [2.45, 2.75) is 38.8 Å². The second-order valence-corrected chi connectivity index (χ2v) is 5.38. The third kappa shape index (κ3) is 4.33. The van der Waals surface area contributed by atoms with Crippen LogP contribution < -0.4 is 5.73 Å². The molecule has 1 fully saturated rings. The SMILES string of the molecule is CCN(CC(N)=S)C(=O)C1CCCCC1C(F)(F)F. The molecule has 1 aliphatic rings. The summed E-state index contributed by atoms with van der Waals surface area (Å²) < 4.78 is 38.9. The van der Waals surface area contributed by atoms with Crippen molar-refractivity contribution in [3.05, 3.63) is 0 Å². The molecule has 2 unspecified atom stereocenters. The lowest BCUT2D eigenvalue weighted by atomic mass is 9.78. The van der Waals surface area contributed by atoms with E-state index in [1.807, 2.05) is 0 Å². The molecule has 2 N–H and O–H groups in total. The lowest BCUT2D eigenvalue weighted by Gasteiger charge is -2.35. The van der Waals surface area contributed by atoms with Crippen molar-refractivity contribution in [2.24, 2.45) is 17.6 Å². The summed E-state index contributed by atoms with van der Waals surface area (Å²) in [6.45, 7) is 2.07. The van der Waals surface area contributed by atoms with E-state index < -0.39 is 23.9 Å². The Bertz CT molecular complexity index is 346. The van der Waals surface area contributed by atoms with Gasteiger partial charge in [-0.15, -0.1) is 0 Å². The van der Waals surface area contributed by atoms with Crippen molar-refractivity contribution < 1.29 is 18.0 Å². The number of likely N-dealkylation sites (N-methyl/N-ethyl adjacent to an activating group) is 1. The van der Waals surface area contributed by atoms with Gasteiger partial charge in [-0.3, -0.25) is 4.79 Å². The highest BCUT2D eigenvalue weighted by Gasteiger charge is 2.48. The zero-order valence-corrected chi connectivity index (χ0v) is 11.7. The second-order valence-electron chi connectivity index (χ2n) is 4.86. The summed E-state index contributed by atoms with van der Waals surface area (Å²) in [5.74, 6) is -2.99. The highest BCUT2D eigenvalue weighted by atomic mass is 32.1. The molecule has 1 amide bonds. The van der Waals surface area contributed by atoms with Gasteiger partial charge in [0.15, 0.2) is 0 Å². The van der Waals surface area contributed by atoms with E-state index in [9.17, 15) is 18.0 Å². The predicted molar refractivity (Wildman–Crippen MR) is 70.5 cm³/mol. The Balaban J connectivity index is 2.84. The number of hydrogen-bond acceptors (Lipinski definition) is 2. The number of carbonyl (C=O) groups is 1. The Kier molecular flexibility index (Phi) is 5.58. The maximum atomic E-state index is 13.0. The van der Waals surface area contributed by atoms with E-state index in [1.54, 1.807) is 6.92 Å². The summed E-state index contributed by atoms with van der Waals surface area (Å²) in [6.07, 6.45) is -2.81. The topological polar surface area (TPSA) is 46.3 Å². The lowest BCUT2D eigenvalue weighted by Crippen LogP contribution is -2.46. The van der Waals surface area contributed by atoms with Crippen LogP contribution in [0, 0.1) is 11.8 Å². The van der Waals surface area contributed by atoms with Gasteiger partial charge in [-0.05, 0) is 19.8 Å². The molecule has 1 aliphatic carbocycles. The molecular formula is C12H19F3N2OS. The number of nitrogens with zero attached hydrogens (tertiary/aromatic N) is 1. The third-order valence-corrected chi connectivity index (χ3v) is 3.67. The molecule has 0 radical (unpaired) electrons. The smallest absolute Gasteiger partial charge is 0.392 e. The molecule has 7 heteroatoms. The fraction of sp³-hybridized carbons (Fsp3) is 0.833. The van der Waals surface area contributed by atoms with Crippen molar-refractivity contribution >= 4 is 23.1 Å². The van der Waals surface area contributed by atoms with E-state index in [-0.39, 0.29) is 24.4 Å². The summed E-state index contributed by atoms with van der Waals surface area (Å²) in [5.41, 5.74) is 5.37. The molecule has 0 aromatic carbocycles. The normalized spacial score (nSPS) is 24.0. The zero-order valence-electron chi connectivity index (χ0n) is 10.9. The first-order valence-corrected chi connectivity index (χ1v) is 6.82. The number of rotatable bonds is 4. The van der Waals surface area contributed by atoms with Crippen LogP contribution in [0.15, 0.2) is 0 Å². The summed E-state index contributed by atoms with van der Waals surface area (Å²) in [5, 5.41) is 0. The Morgan fingerprint density at radius 1 is 1.37 bits per heavy atom. The van der Waals surface area contributed by atoms with Gasteiger partial charge in [0.25, 0.3) is 0 Å². The first kappa shape index (κ1) is 16.2. The van der Waals surface area contributed by atoms with Crippen molar-refractivity contribution in [1.82, 2.24) is 4.90 Å². The molecule has 1 rings (SSSR count). The molecule has 0 bridgehead atoms. The van der Waals surface area contributed by atoms with Gasteiger partial charge < -0.3 is 10.6 Å². The first-order chi connectivity index (χ1) is 8.77. The molecule has 0 spiro atoms. The Morgan fingerprint density at radius 3 is 2.42 bits per heavy atom. The Labute approximate surface area is 116 Å². The van der Waals surface area contributed by atoms with Crippen molar-refractivity contribution in [1.29, 1.82) is 0 Å². The predicted octanol–water partition coefficient (Wildman–Crippen LogP) is 2.49. The number of hydrogen-bond donors (Lipinski definition) is 1. The maximum Gasteiger partial charge on any atom is 0.392 e. The summed E-state index contributed by atoms with van der Waals surface area (Å²) in [7, 11) is 0. The number of amides is 1. The molecule has 3 nitrogen and oxygen atoms in total. The van der Waals surface area contributed by atoms with Crippen molar-refractivity contribution in [2.75, 3.05) is 13.1 Å². The van der Waals surface area contributed by atoms with Gasteiger partial charge in [-0.2, -0.15) is 13.2 Å². The minimum Gasteiger partial charge on any atom is -0.392 e. The molecule has 2 atom stereocenters. The number of halogens is 3. The van der Waals surface area contributed by atoms with Gasteiger partial charge in [0.1, 0.15) is 0 Å². The van der Waals surface area contributed by atoms with Gasteiger partial charge in [0, 0.05) is 12.5 Å². The fourth-order valence-corrected chi connectivity index (χ4v) is 2.74. The quantitative estimate of drug-likeness (QED) is 0.811. The van der Waals surface area contributed by atoms with E-state index in [4.69, 9.17) is 18.0 Å².